The SMILES string of the molecule is CC(C)OC1=C(OC(C)C)C(O)(/C=C\c2ccccc2)C1=O. The van der Waals surface area contributed by atoms with Gasteiger partial charge in [0.15, 0.2) is 5.76 Å². The third-order valence-corrected chi connectivity index (χ3v) is 3.13. The third-order valence-electron chi connectivity index (χ3n) is 3.13. The second-order valence-electron chi connectivity index (χ2n) is 5.83. The van der Waals surface area contributed by atoms with Gasteiger partial charge in [-0.2, -0.15) is 0 Å². The first-order chi connectivity index (χ1) is 10.3. The molecule has 0 spiro atoms. The van der Waals surface area contributed by atoms with Gasteiger partial charge in [-0.3, -0.25) is 4.79 Å². The Hall–Kier alpha value is -2.07. The van der Waals surface area contributed by atoms with Crippen molar-refractivity contribution in [2.75, 3.05) is 0 Å². The summed E-state index contributed by atoms with van der Waals surface area (Å²) in [5, 5.41) is 10.6. The zero-order valence-corrected chi connectivity index (χ0v) is 13.4. The van der Waals surface area contributed by atoms with Crippen molar-refractivity contribution in [2.45, 2.75) is 45.5 Å². The van der Waals surface area contributed by atoms with E-state index in [1.165, 1.54) is 6.08 Å². The molecule has 4 nitrogen and oxygen atoms in total. The molecule has 0 saturated carbocycles. The molecule has 1 atom stereocenters. The molecule has 0 heterocycles. The average Bonchev–Trinajstić information content (AvgIpc) is 2.49. The molecule has 1 N–H and O–H groups in total. The number of Topliss-reactive ketones (excluding diaryl/α,β-unsaturated/α-hetero) is 1. The molecular weight excluding hydrogens is 280 g/mol. The molecular formula is C18H22O4. The molecule has 1 unspecified atom stereocenters. The number of ether oxygens (including phenoxy) is 2. The number of carbonyl (C=O) groups excluding carboxylic acids is 1. The predicted molar refractivity (Wildman–Crippen MR) is 84.9 cm³/mol. The lowest BCUT2D eigenvalue weighted by Crippen LogP contribution is -2.52. The standard InChI is InChI=1S/C18H22O4/c1-12(2)21-15-16(19)18(20,17(15)22-13(3)4)11-10-14-8-6-5-7-9-14/h5-13,20H,1-4H3/b11-10-. The molecule has 0 fully saturated rings. The number of ketones is 1. The fraction of sp³-hybridized carbons (Fsp3) is 0.389. The second kappa shape index (κ2) is 6.36. The minimum absolute atomic E-state index is 0.115. The van der Waals surface area contributed by atoms with Gasteiger partial charge in [0.2, 0.25) is 17.1 Å². The van der Waals surface area contributed by atoms with E-state index in [0.29, 0.717) is 0 Å². The Morgan fingerprint density at radius 1 is 1.05 bits per heavy atom. The number of rotatable bonds is 6. The van der Waals surface area contributed by atoms with Crippen molar-refractivity contribution in [3.8, 4) is 0 Å². The van der Waals surface area contributed by atoms with Gasteiger partial charge in [-0.15, -0.1) is 0 Å². The maximum absolute atomic E-state index is 12.3. The molecule has 0 radical (unpaired) electrons. The van der Waals surface area contributed by atoms with Crippen molar-refractivity contribution in [1.82, 2.24) is 0 Å². The Labute approximate surface area is 131 Å². The van der Waals surface area contributed by atoms with Gasteiger partial charge in [0, 0.05) is 0 Å². The van der Waals surface area contributed by atoms with Crippen LogP contribution in [0.3, 0.4) is 0 Å². The van der Waals surface area contributed by atoms with Crippen LogP contribution in [0.2, 0.25) is 0 Å². The van der Waals surface area contributed by atoms with Crippen LogP contribution in [-0.2, 0) is 14.3 Å². The Bertz CT molecular complexity index is 599. The normalized spacial score (nSPS) is 21.7. The van der Waals surface area contributed by atoms with Crippen LogP contribution in [0.5, 0.6) is 0 Å². The Kier molecular flexibility index (Phi) is 4.71. The van der Waals surface area contributed by atoms with E-state index in [1.54, 1.807) is 6.08 Å². The molecule has 0 bridgehead atoms. The summed E-state index contributed by atoms with van der Waals surface area (Å²) < 4.78 is 11.1. The van der Waals surface area contributed by atoms with E-state index in [-0.39, 0.29) is 23.7 Å². The second-order valence-corrected chi connectivity index (χ2v) is 5.83. The van der Waals surface area contributed by atoms with Crippen LogP contribution < -0.4 is 0 Å². The topological polar surface area (TPSA) is 55.8 Å². The fourth-order valence-corrected chi connectivity index (χ4v) is 2.14. The maximum atomic E-state index is 12.3. The smallest absolute Gasteiger partial charge is 0.244 e. The molecule has 1 aromatic carbocycles. The summed E-state index contributed by atoms with van der Waals surface area (Å²) in [6.07, 6.45) is 2.83. The lowest BCUT2D eigenvalue weighted by molar-refractivity contribution is -0.144. The van der Waals surface area contributed by atoms with Crippen LogP contribution >= 0.6 is 0 Å². The molecule has 4 heteroatoms. The van der Waals surface area contributed by atoms with Gasteiger partial charge in [0.05, 0.1) is 12.2 Å². The van der Waals surface area contributed by atoms with Crippen LogP contribution in [-0.4, -0.2) is 28.7 Å². The van der Waals surface area contributed by atoms with Crippen LogP contribution in [0.4, 0.5) is 0 Å². The summed E-state index contributed by atoms with van der Waals surface area (Å²) in [6.45, 7) is 7.32. The molecule has 118 valence electrons. The maximum Gasteiger partial charge on any atom is 0.244 e. The van der Waals surface area contributed by atoms with Crippen molar-refractivity contribution in [3.05, 3.63) is 53.5 Å². The molecule has 0 saturated heterocycles. The van der Waals surface area contributed by atoms with E-state index in [9.17, 15) is 9.90 Å². The highest BCUT2D eigenvalue weighted by atomic mass is 16.5. The summed E-state index contributed by atoms with van der Waals surface area (Å²) >= 11 is 0. The van der Waals surface area contributed by atoms with Gasteiger partial charge < -0.3 is 14.6 Å². The Morgan fingerprint density at radius 2 is 1.64 bits per heavy atom. The number of hydrogen-bond donors (Lipinski definition) is 1. The predicted octanol–water partition coefficient (Wildman–Crippen LogP) is 3.08. The minimum atomic E-state index is -1.75. The highest BCUT2D eigenvalue weighted by Crippen LogP contribution is 2.39. The largest absolute Gasteiger partial charge is 0.487 e. The van der Waals surface area contributed by atoms with Crippen LogP contribution in [0, 0.1) is 0 Å². The summed E-state index contributed by atoms with van der Waals surface area (Å²) in [4.78, 5) is 12.3. The summed E-state index contributed by atoms with van der Waals surface area (Å²) in [6, 6.07) is 9.47. The Balaban J connectivity index is 2.30. The van der Waals surface area contributed by atoms with Gasteiger partial charge in [-0.05, 0) is 39.3 Å². The highest BCUT2D eigenvalue weighted by molar-refractivity contribution is 6.12. The van der Waals surface area contributed by atoms with Crippen LogP contribution in [0.15, 0.2) is 47.9 Å². The van der Waals surface area contributed by atoms with E-state index in [0.717, 1.165) is 5.56 Å². The van der Waals surface area contributed by atoms with E-state index in [1.807, 2.05) is 58.0 Å². The Morgan fingerprint density at radius 3 is 2.18 bits per heavy atom. The van der Waals surface area contributed by atoms with E-state index < -0.39 is 11.4 Å². The molecule has 2 rings (SSSR count). The molecule has 0 aliphatic heterocycles. The lowest BCUT2D eigenvalue weighted by Gasteiger charge is -2.37. The summed E-state index contributed by atoms with van der Waals surface area (Å²) in [5.41, 5.74) is -0.851. The zero-order valence-electron chi connectivity index (χ0n) is 13.4. The number of aliphatic hydroxyl groups is 1. The van der Waals surface area contributed by atoms with Crippen molar-refractivity contribution >= 4 is 11.9 Å². The monoisotopic (exact) mass is 302 g/mol. The zero-order chi connectivity index (χ0) is 16.3. The van der Waals surface area contributed by atoms with Gasteiger partial charge in [-0.1, -0.05) is 36.4 Å². The van der Waals surface area contributed by atoms with Crippen molar-refractivity contribution < 1.29 is 19.4 Å². The minimum Gasteiger partial charge on any atom is -0.487 e. The van der Waals surface area contributed by atoms with E-state index in [4.69, 9.17) is 9.47 Å². The third kappa shape index (κ3) is 3.22. The molecule has 22 heavy (non-hydrogen) atoms. The van der Waals surface area contributed by atoms with Crippen LogP contribution in [0.25, 0.3) is 6.08 Å². The fourth-order valence-electron chi connectivity index (χ4n) is 2.14. The summed E-state index contributed by atoms with van der Waals surface area (Å²) in [7, 11) is 0. The van der Waals surface area contributed by atoms with Crippen LogP contribution in [0.1, 0.15) is 33.3 Å². The first-order valence-electron chi connectivity index (χ1n) is 7.44. The number of hydrogen-bond acceptors (Lipinski definition) is 4. The van der Waals surface area contributed by atoms with Gasteiger partial charge in [-0.25, -0.2) is 0 Å². The van der Waals surface area contributed by atoms with Gasteiger partial charge in [0.25, 0.3) is 0 Å². The average molecular weight is 302 g/mol. The van der Waals surface area contributed by atoms with E-state index in [2.05, 4.69) is 0 Å². The number of carbonyl (C=O) groups is 1. The molecule has 0 amide bonds. The van der Waals surface area contributed by atoms with Crippen molar-refractivity contribution in [2.24, 2.45) is 0 Å². The highest BCUT2D eigenvalue weighted by Gasteiger charge is 2.55. The van der Waals surface area contributed by atoms with Crippen molar-refractivity contribution in [1.29, 1.82) is 0 Å². The first-order valence-corrected chi connectivity index (χ1v) is 7.44. The molecule has 1 aliphatic carbocycles. The molecule has 1 aliphatic rings. The number of benzene rings is 1. The molecule has 0 aromatic heterocycles. The van der Waals surface area contributed by atoms with E-state index >= 15 is 0 Å². The molecule has 1 aromatic rings. The first kappa shape index (κ1) is 16.3. The van der Waals surface area contributed by atoms with Gasteiger partial charge >= 0.3 is 0 Å². The van der Waals surface area contributed by atoms with Gasteiger partial charge in [0.1, 0.15) is 0 Å². The summed E-state index contributed by atoms with van der Waals surface area (Å²) in [5.74, 6) is -0.165. The van der Waals surface area contributed by atoms with Crippen molar-refractivity contribution in [3.63, 3.8) is 0 Å². The quantitative estimate of drug-likeness (QED) is 0.877. The lowest BCUT2D eigenvalue weighted by atomic mass is 9.82.